The fourth-order valence-corrected chi connectivity index (χ4v) is 3.41. The Labute approximate surface area is 120 Å². The lowest BCUT2D eigenvalue weighted by Crippen LogP contribution is -2.10. The predicted octanol–water partition coefficient (Wildman–Crippen LogP) is 4.57. The average Bonchev–Trinajstić information content (AvgIpc) is 2.51. The molecule has 20 heavy (non-hydrogen) atoms. The van der Waals surface area contributed by atoms with Crippen molar-refractivity contribution >= 4 is 11.4 Å². The van der Waals surface area contributed by atoms with E-state index in [1.165, 1.54) is 43.2 Å². The Hall–Kier alpha value is -1.96. The van der Waals surface area contributed by atoms with Gasteiger partial charge < -0.3 is 11.5 Å². The molecule has 0 spiro atoms. The first-order valence-corrected chi connectivity index (χ1v) is 7.50. The molecule has 4 N–H and O–H groups in total. The van der Waals surface area contributed by atoms with Crippen molar-refractivity contribution < 1.29 is 0 Å². The van der Waals surface area contributed by atoms with Gasteiger partial charge in [0.25, 0.3) is 0 Å². The van der Waals surface area contributed by atoms with Gasteiger partial charge in [-0.1, -0.05) is 49.6 Å². The Bertz CT molecular complexity index is 584. The molecule has 2 aromatic rings. The molecule has 0 unspecified atom stereocenters. The van der Waals surface area contributed by atoms with Gasteiger partial charge in [-0.3, -0.25) is 0 Å². The number of benzene rings is 2. The largest absolute Gasteiger partial charge is 0.398 e. The van der Waals surface area contributed by atoms with Crippen molar-refractivity contribution in [3.05, 3.63) is 48.0 Å². The van der Waals surface area contributed by atoms with Gasteiger partial charge in [0, 0.05) is 16.9 Å². The minimum absolute atomic E-state index is 0.558. The minimum atomic E-state index is 0.558. The van der Waals surface area contributed by atoms with E-state index in [0.29, 0.717) is 5.92 Å². The molecule has 0 bridgehead atoms. The van der Waals surface area contributed by atoms with Crippen LogP contribution in [0.15, 0.2) is 42.5 Å². The zero-order valence-corrected chi connectivity index (χ0v) is 11.8. The molecular weight excluding hydrogens is 244 g/mol. The molecule has 0 aromatic heterocycles. The molecule has 2 nitrogen and oxygen atoms in total. The molecule has 0 atom stereocenters. The monoisotopic (exact) mass is 266 g/mol. The van der Waals surface area contributed by atoms with Crippen LogP contribution in [0.5, 0.6) is 0 Å². The number of hydrogen-bond donors (Lipinski definition) is 2. The maximum absolute atomic E-state index is 6.30. The number of hydrogen-bond acceptors (Lipinski definition) is 2. The molecule has 104 valence electrons. The van der Waals surface area contributed by atoms with Crippen LogP contribution in [0.1, 0.15) is 43.6 Å². The van der Waals surface area contributed by atoms with E-state index in [4.69, 9.17) is 11.5 Å². The van der Waals surface area contributed by atoms with Crippen molar-refractivity contribution in [3.63, 3.8) is 0 Å². The normalized spacial score (nSPS) is 16.2. The highest BCUT2D eigenvalue weighted by molar-refractivity contribution is 5.84. The van der Waals surface area contributed by atoms with E-state index in [2.05, 4.69) is 24.3 Å². The molecule has 3 rings (SSSR count). The van der Waals surface area contributed by atoms with E-state index < -0.39 is 0 Å². The van der Waals surface area contributed by atoms with Crippen LogP contribution < -0.4 is 11.5 Å². The number of anilines is 2. The number of rotatable bonds is 2. The van der Waals surface area contributed by atoms with Gasteiger partial charge in [-0.15, -0.1) is 0 Å². The second-order valence-electron chi connectivity index (χ2n) is 5.73. The number of nitrogens with two attached hydrogens (primary N) is 2. The van der Waals surface area contributed by atoms with Crippen LogP contribution in [0.4, 0.5) is 11.4 Å². The summed E-state index contributed by atoms with van der Waals surface area (Å²) in [6, 6.07) is 14.3. The summed E-state index contributed by atoms with van der Waals surface area (Å²) in [5.41, 5.74) is 17.9. The van der Waals surface area contributed by atoms with E-state index in [9.17, 15) is 0 Å². The molecule has 1 saturated carbocycles. The Balaban J connectivity index is 2.14. The molecule has 2 heteroatoms. The molecular formula is C18H22N2. The summed E-state index contributed by atoms with van der Waals surface area (Å²) in [5, 5.41) is 0. The fourth-order valence-electron chi connectivity index (χ4n) is 3.41. The predicted molar refractivity (Wildman–Crippen MR) is 86.5 cm³/mol. The molecule has 1 aliphatic carbocycles. The molecule has 2 aromatic carbocycles. The maximum Gasteiger partial charge on any atom is 0.0398 e. The van der Waals surface area contributed by atoms with E-state index in [1.54, 1.807) is 0 Å². The van der Waals surface area contributed by atoms with E-state index in [0.717, 1.165) is 16.9 Å². The van der Waals surface area contributed by atoms with Gasteiger partial charge in [0.15, 0.2) is 0 Å². The van der Waals surface area contributed by atoms with Crippen LogP contribution in [-0.4, -0.2) is 0 Å². The van der Waals surface area contributed by atoms with Gasteiger partial charge in [0.2, 0.25) is 0 Å². The molecule has 1 fully saturated rings. The molecule has 0 saturated heterocycles. The highest BCUT2D eigenvalue weighted by Crippen LogP contribution is 2.43. The summed E-state index contributed by atoms with van der Waals surface area (Å²) in [6.07, 6.45) is 6.40. The SMILES string of the molecule is Nc1ccc(N)c(C2CCCCC2)c1-c1ccccc1. The second-order valence-corrected chi connectivity index (χ2v) is 5.73. The first-order chi connectivity index (χ1) is 9.77. The lowest BCUT2D eigenvalue weighted by atomic mass is 9.79. The van der Waals surface area contributed by atoms with Crippen LogP contribution in [0, 0.1) is 0 Å². The average molecular weight is 266 g/mol. The van der Waals surface area contributed by atoms with Crippen LogP contribution in [0.25, 0.3) is 11.1 Å². The summed E-state index contributed by atoms with van der Waals surface area (Å²) in [5.74, 6) is 0.558. The Kier molecular flexibility index (Phi) is 3.64. The number of nitrogen functional groups attached to an aromatic ring is 2. The molecule has 0 aliphatic heterocycles. The van der Waals surface area contributed by atoms with E-state index >= 15 is 0 Å². The zero-order valence-electron chi connectivity index (χ0n) is 11.8. The quantitative estimate of drug-likeness (QED) is 0.782. The summed E-state index contributed by atoms with van der Waals surface area (Å²) < 4.78 is 0. The third-order valence-electron chi connectivity index (χ3n) is 4.39. The lowest BCUT2D eigenvalue weighted by Gasteiger charge is -2.27. The van der Waals surface area contributed by atoms with Crippen molar-refractivity contribution in [2.75, 3.05) is 11.5 Å². The standard InChI is InChI=1S/C18H22N2/c19-15-11-12-16(20)18(14-9-5-2-6-10-14)17(15)13-7-3-1-4-8-13/h1,3-4,7-8,11-12,14H,2,5-6,9-10,19-20H2. The lowest BCUT2D eigenvalue weighted by molar-refractivity contribution is 0.445. The van der Waals surface area contributed by atoms with E-state index in [1.807, 2.05) is 18.2 Å². The highest BCUT2D eigenvalue weighted by atomic mass is 14.6. The van der Waals surface area contributed by atoms with Gasteiger partial charge in [-0.05, 0) is 42.0 Å². The van der Waals surface area contributed by atoms with Gasteiger partial charge in [0.1, 0.15) is 0 Å². The van der Waals surface area contributed by atoms with Crippen LogP contribution >= 0.6 is 0 Å². The maximum atomic E-state index is 6.30. The van der Waals surface area contributed by atoms with Crippen molar-refractivity contribution in [2.45, 2.75) is 38.0 Å². The Morgan fingerprint density at radius 1 is 0.750 bits per heavy atom. The first-order valence-electron chi connectivity index (χ1n) is 7.50. The topological polar surface area (TPSA) is 52.0 Å². The van der Waals surface area contributed by atoms with E-state index in [-0.39, 0.29) is 0 Å². The van der Waals surface area contributed by atoms with Gasteiger partial charge in [-0.25, -0.2) is 0 Å². The Morgan fingerprint density at radius 3 is 2.10 bits per heavy atom. The van der Waals surface area contributed by atoms with Crippen LogP contribution in [0.2, 0.25) is 0 Å². The van der Waals surface area contributed by atoms with Gasteiger partial charge in [0.05, 0.1) is 0 Å². The van der Waals surface area contributed by atoms with Crippen molar-refractivity contribution in [2.24, 2.45) is 0 Å². The molecule has 1 aliphatic rings. The Morgan fingerprint density at radius 2 is 1.40 bits per heavy atom. The summed E-state index contributed by atoms with van der Waals surface area (Å²) >= 11 is 0. The molecule has 0 heterocycles. The van der Waals surface area contributed by atoms with Gasteiger partial charge in [-0.2, -0.15) is 0 Å². The third kappa shape index (κ3) is 2.38. The van der Waals surface area contributed by atoms with Crippen molar-refractivity contribution in [1.82, 2.24) is 0 Å². The second kappa shape index (κ2) is 5.58. The molecule has 0 amide bonds. The van der Waals surface area contributed by atoms with Gasteiger partial charge >= 0.3 is 0 Å². The summed E-state index contributed by atoms with van der Waals surface area (Å²) in [6.45, 7) is 0. The smallest absolute Gasteiger partial charge is 0.0398 e. The first kappa shape index (κ1) is 13.0. The zero-order chi connectivity index (χ0) is 13.9. The van der Waals surface area contributed by atoms with Crippen LogP contribution in [0.3, 0.4) is 0 Å². The van der Waals surface area contributed by atoms with Crippen LogP contribution in [-0.2, 0) is 0 Å². The van der Waals surface area contributed by atoms with Crippen molar-refractivity contribution in [1.29, 1.82) is 0 Å². The fraction of sp³-hybridized carbons (Fsp3) is 0.333. The minimum Gasteiger partial charge on any atom is -0.398 e. The third-order valence-corrected chi connectivity index (χ3v) is 4.39. The highest BCUT2D eigenvalue weighted by Gasteiger charge is 2.22. The summed E-state index contributed by atoms with van der Waals surface area (Å²) in [7, 11) is 0. The van der Waals surface area contributed by atoms with Crippen molar-refractivity contribution in [3.8, 4) is 11.1 Å². The summed E-state index contributed by atoms with van der Waals surface area (Å²) in [4.78, 5) is 0. The molecule has 0 radical (unpaired) electrons.